The van der Waals surface area contributed by atoms with Gasteiger partial charge in [-0.1, -0.05) is 17.7 Å². The van der Waals surface area contributed by atoms with Crippen molar-refractivity contribution < 1.29 is 8.81 Å². The lowest BCUT2D eigenvalue weighted by molar-refractivity contribution is 0.401. The zero-order chi connectivity index (χ0) is 10.1. The SMILES string of the molecule is O=c1cc(CF)oc2c(Cl)cccc12. The van der Waals surface area contributed by atoms with Gasteiger partial charge in [0, 0.05) is 6.07 Å². The molecular weight excluding hydrogens is 207 g/mol. The number of hydrogen-bond donors (Lipinski definition) is 0. The monoisotopic (exact) mass is 212 g/mol. The molecule has 1 aromatic carbocycles. The van der Waals surface area contributed by atoms with Gasteiger partial charge in [0.1, 0.15) is 12.4 Å². The van der Waals surface area contributed by atoms with Gasteiger partial charge in [0.2, 0.25) is 0 Å². The molecule has 0 saturated heterocycles. The van der Waals surface area contributed by atoms with Crippen LogP contribution in [0.4, 0.5) is 4.39 Å². The normalized spacial score (nSPS) is 10.7. The third-order valence-electron chi connectivity index (χ3n) is 1.89. The molecule has 72 valence electrons. The molecule has 0 radical (unpaired) electrons. The zero-order valence-corrected chi connectivity index (χ0v) is 7.84. The molecule has 0 aliphatic heterocycles. The Bertz CT molecular complexity index is 533. The summed E-state index contributed by atoms with van der Waals surface area (Å²) in [6, 6.07) is 5.97. The topological polar surface area (TPSA) is 30.2 Å². The Balaban J connectivity index is 2.91. The standard InChI is InChI=1S/C10H6ClFO2/c11-8-3-1-2-7-9(13)4-6(5-12)14-10(7)8/h1-4H,5H2. The molecule has 0 aliphatic rings. The van der Waals surface area contributed by atoms with Crippen molar-refractivity contribution in [1.82, 2.24) is 0 Å². The fourth-order valence-corrected chi connectivity index (χ4v) is 1.47. The fraction of sp³-hybridized carbons (Fsp3) is 0.100. The Hall–Kier alpha value is -1.35. The molecule has 14 heavy (non-hydrogen) atoms. The van der Waals surface area contributed by atoms with Crippen molar-refractivity contribution in [3.8, 4) is 0 Å². The smallest absolute Gasteiger partial charge is 0.193 e. The van der Waals surface area contributed by atoms with E-state index in [9.17, 15) is 9.18 Å². The van der Waals surface area contributed by atoms with Gasteiger partial charge in [0.15, 0.2) is 11.0 Å². The lowest BCUT2D eigenvalue weighted by atomic mass is 10.2. The Morgan fingerprint density at radius 1 is 1.43 bits per heavy atom. The lowest BCUT2D eigenvalue weighted by Gasteiger charge is -2.00. The molecule has 2 rings (SSSR count). The first-order valence-electron chi connectivity index (χ1n) is 3.99. The van der Waals surface area contributed by atoms with Crippen LogP contribution in [0.15, 0.2) is 33.5 Å². The average Bonchev–Trinajstić information content (AvgIpc) is 2.19. The van der Waals surface area contributed by atoms with E-state index in [2.05, 4.69) is 0 Å². The number of benzene rings is 1. The summed E-state index contributed by atoms with van der Waals surface area (Å²) in [7, 11) is 0. The van der Waals surface area contributed by atoms with Crippen molar-refractivity contribution in [2.45, 2.75) is 6.67 Å². The maximum atomic E-state index is 12.3. The second kappa shape index (κ2) is 3.42. The molecule has 1 heterocycles. The van der Waals surface area contributed by atoms with Crippen LogP contribution in [0.3, 0.4) is 0 Å². The fourth-order valence-electron chi connectivity index (χ4n) is 1.26. The van der Waals surface area contributed by atoms with E-state index in [1.165, 1.54) is 0 Å². The summed E-state index contributed by atoms with van der Waals surface area (Å²) in [6.07, 6.45) is 0. The van der Waals surface area contributed by atoms with Crippen LogP contribution in [-0.2, 0) is 6.67 Å². The Morgan fingerprint density at radius 2 is 2.21 bits per heavy atom. The quantitative estimate of drug-likeness (QED) is 0.728. The minimum Gasteiger partial charge on any atom is -0.456 e. The van der Waals surface area contributed by atoms with E-state index >= 15 is 0 Å². The van der Waals surface area contributed by atoms with Gasteiger partial charge in [-0.2, -0.15) is 0 Å². The van der Waals surface area contributed by atoms with E-state index in [0.717, 1.165) is 6.07 Å². The Morgan fingerprint density at radius 3 is 2.93 bits per heavy atom. The molecule has 2 nitrogen and oxygen atoms in total. The van der Waals surface area contributed by atoms with E-state index in [-0.39, 0.29) is 16.8 Å². The first-order chi connectivity index (χ1) is 6.72. The van der Waals surface area contributed by atoms with Crippen molar-refractivity contribution >= 4 is 22.6 Å². The van der Waals surface area contributed by atoms with Gasteiger partial charge in [0.05, 0.1) is 10.4 Å². The first-order valence-corrected chi connectivity index (χ1v) is 4.37. The van der Waals surface area contributed by atoms with Gasteiger partial charge < -0.3 is 4.42 Å². The highest BCUT2D eigenvalue weighted by Crippen LogP contribution is 2.21. The van der Waals surface area contributed by atoms with Crippen molar-refractivity contribution in [1.29, 1.82) is 0 Å². The number of para-hydroxylation sites is 1. The van der Waals surface area contributed by atoms with Crippen LogP contribution >= 0.6 is 11.6 Å². The molecule has 0 aliphatic carbocycles. The molecule has 0 saturated carbocycles. The third-order valence-corrected chi connectivity index (χ3v) is 2.19. The van der Waals surface area contributed by atoms with Gasteiger partial charge in [-0.25, -0.2) is 4.39 Å². The number of hydrogen-bond acceptors (Lipinski definition) is 2. The predicted molar refractivity (Wildman–Crippen MR) is 52.3 cm³/mol. The van der Waals surface area contributed by atoms with Crippen LogP contribution in [0.25, 0.3) is 11.0 Å². The molecule has 0 fully saturated rings. The molecule has 0 spiro atoms. The molecule has 0 N–H and O–H groups in total. The third kappa shape index (κ3) is 1.40. The number of fused-ring (bicyclic) bond motifs is 1. The van der Waals surface area contributed by atoms with E-state index < -0.39 is 6.67 Å². The molecule has 0 amide bonds. The molecule has 0 bridgehead atoms. The summed E-state index contributed by atoms with van der Waals surface area (Å²) in [4.78, 5) is 11.4. The largest absolute Gasteiger partial charge is 0.456 e. The van der Waals surface area contributed by atoms with Crippen LogP contribution in [0, 0.1) is 0 Å². The first kappa shape index (κ1) is 9.21. The Kier molecular flexibility index (Phi) is 2.25. The van der Waals surface area contributed by atoms with Crippen molar-refractivity contribution in [2.75, 3.05) is 0 Å². The molecule has 1 aromatic heterocycles. The lowest BCUT2D eigenvalue weighted by Crippen LogP contribution is -2.01. The van der Waals surface area contributed by atoms with Crippen molar-refractivity contribution in [2.24, 2.45) is 0 Å². The minimum atomic E-state index is -0.809. The van der Waals surface area contributed by atoms with Crippen LogP contribution in [-0.4, -0.2) is 0 Å². The van der Waals surface area contributed by atoms with Crippen LogP contribution in [0.2, 0.25) is 5.02 Å². The second-order valence-electron chi connectivity index (χ2n) is 2.83. The molecule has 0 atom stereocenters. The van der Waals surface area contributed by atoms with Crippen molar-refractivity contribution in [3.05, 3.63) is 45.3 Å². The highest BCUT2D eigenvalue weighted by atomic mass is 35.5. The van der Waals surface area contributed by atoms with Crippen molar-refractivity contribution in [3.63, 3.8) is 0 Å². The summed E-state index contributed by atoms with van der Waals surface area (Å²) in [5.41, 5.74) is -0.0317. The summed E-state index contributed by atoms with van der Waals surface area (Å²) in [6.45, 7) is -0.809. The maximum Gasteiger partial charge on any atom is 0.193 e. The van der Waals surface area contributed by atoms with Gasteiger partial charge in [-0.15, -0.1) is 0 Å². The molecule has 4 heteroatoms. The minimum absolute atomic E-state index is 0.00407. The Labute approximate surface area is 83.9 Å². The van der Waals surface area contributed by atoms with Crippen LogP contribution in [0.1, 0.15) is 5.76 Å². The average molecular weight is 213 g/mol. The van der Waals surface area contributed by atoms with Crippen LogP contribution < -0.4 is 5.43 Å². The summed E-state index contributed by atoms with van der Waals surface area (Å²) in [5, 5.41) is 0.685. The highest BCUT2D eigenvalue weighted by molar-refractivity contribution is 6.34. The predicted octanol–water partition coefficient (Wildman–Crippen LogP) is 2.92. The summed E-state index contributed by atoms with van der Waals surface area (Å²) >= 11 is 5.80. The maximum absolute atomic E-state index is 12.3. The van der Waals surface area contributed by atoms with E-state index in [1.807, 2.05) is 0 Å². The van der Waals surface area contributed by atoms with E-state index in [1.54, 1.807) is 18.2 Å². The number of halogens is 2. The molecule has 0 unspecified atom stereocenters. The summed E-state index contributed by atoms with van der Waals surface area (Å²) < 4.78 is 17.4. The van der Waals surface area contributed by atoms with Gasteiger partial charge in [-0.05, 0) is 12.1 Å². The van der Waals surface area contributed by atoms with Gasteiger partial charge in [-0.3, -0.25) is 4.79 Å². The highest BCUT2D eigenvalue weighted by Gasteiger charge is 2.06. The van der Waals surface area contributed by atoms with Crippen LogP contribution in [0.5, 0.6) is 0 Å². The zero-order valence-electron chi connectivity index (χ0n) is 7.09. The van der Waals surface area contributed by atoms with Gasteiger partial charge >= 0.3 is 0 Å². The second-order valence-corrected chi connectivity index (χ2v) is 3.23. The van der Waals surface area contributed by atoms with Gasteiger partial charge in [0.25, 0.3) is 0 Å². The molecule has 2 aromatic rings. The van der Waals surface area contributed by atoms with E-state index in [4.69, 9.17) is 16.0 Å². The molecular formula is C10H6ClFO2. The number of alkyl halides is 1. The number of rotatable bonds is 1. The summed E-state index contributed by atoms with van der Waals surface area (Å²) in [5.74, 6) is -0.00407. The van der Waals surface area contributed by atoms with E-state index in [0.29, 0.717) is 10.4 Å².